The summed E-state index contributed by atoms with van der Waals surface area (Å²) >= 11 is 3.33. The Labute approximate surface area is 154 Å². The van der Waals surface area contributed by atoms with Crippen LogP contribution in [0, 0.1) is 0 Å². The van der Waals surface area contributed by atoms with Gasteiger partial charge in [-0.2, -0.15) is 11.3 Å². The molecular weight excluding hydrogens is 354 g/mol. The molecular formula is C18H19N3O2S2. The van der Waals surface area contributed by atoms with E-state index in [1.807, 2.05) is 24.3 Å². The summed E-state index contributed by atoms with van der Waals surface area (Å²) < 4.78 is 4.99. The van der Waals surface area contributed by atoms with Gasteiger partial charge in [0.2, 0.25) is 0 Å². The van der Waals surface area contributed by atoms with Crippen LogP contribution in [-0.4, -0.2) is 24.7 Å². The number of amides is 1. The molecule has 0 unspecified atom stereocenters. The maximum Gasteiger partial charge on any atom is 0.413 e. The first kappa shape index (κ1) is 17.4. The van der Waals surface area contributed by atoms with Gasteiger partial charge in [-0.3, -0.25) is 4.90 Å². The Bertz CT molecular complexity index is 813. The summed E-state index contributed by atoms with van der Waals surface area (Å²) in [6, 6.07) is 9.74. The van der Waals surface area contributed by atoms with E-state index >= 15 is 0 Å². The van der Waals surface area contributed by atoms with E-state index in [0.29, 0.717) is 13.2 Å². The molecule has 3 rings (SSSR count). The van der Waals surface area contributed by atoms with Gasteiger partial charge in [-0.05, 0) is 42.6 Å². The standard InChI is InChI=1S/C18H19N3O2S2/c1-3-23-18(22)21(2)16-6-4-14(5-7-16)19-10-15-12-25-17(20-15)13-8-9-24-11-13/h4-9,11-12,19H,3,10H2,1-2H3. The molecule has 0 spiro atoms. The monoisotopic (exact) mass is 373 g/mol. The van der Waals surface area contributed by atoms with Crippen LogP contribution in [0.4, 0.5) is 16.2 Å². The zero-order chi connectivity index (χ0) is 17.6. The first-order valence-electron chi connectivity index (χ1n) is 7.88. The average Bonchev–Trinajstić information content (AvgIpc) is 3.31. The minimum absolute atomic E-state index is 0.355. The minimum Gasteiger partial charge on any atom is -0.449 e. The van der Waals surface area contributed by atoms with Gasteiger partial charge in [-0.1, -0.05) is 0 Å². The third-order valence-electron chi connectivity index (χ3n) is 3.59. The van der Waals surface area contributed by atoms with Crippen LogP contribution in [0.15, 0.2) is 46.5 Å². The van der Waals surface area contributed by atoms with E-state index in [2.05, 4.69) is 32.5 Å². The number of nitrogens with zero attached hydrogens (tertiary/aromatic N) is 2. The maximum atomic E-state index is 11.7. The molecule has 7 heteroatoms. The summed E-state index contributed by atoms with van der Waals surface area (Å²) in [5.74, 6) is 0. The number of nitrogens with one attached hydrogen (secondary N) is 1. The van der Waals surface area contributed by atoms with Crippen molar-refractivity contribution < 1.29 is 9.53 Å². The van der Waals surface area contributed by atoms with Crippen LogP contribution < -0.4 is 10.2 Å². The summed E-state index contributed by atoms with van der Waals surface area (Å²) in [6.07, 6.45) is -0.355. The second kappa shape index (κ2) is 8.13. The number of thiazole rings is 1. The molecule has 1 amide bonds. The number of hydrogen-bond donors (Lipinski definition) is 1. The average molecular weight is 374 g/mol. The van der Waals surface area contributed by atoms with Crippen molar-refractivity contribution in [1.29, 1.82) is 0 Å². The second-order valence-corrected chi connectivity index (χ2v) is 6.95. The molecule has 0 fully saturated rings. The first-order chi connectivity index (χ1) is 12.2. The van der Waals surface area contributed by atoms with Crippen molar-refractivity contribution in [3.63, 3.8) is 0 Å². The highest BCUT2D eigenvalue weighted by atomic mass is 32.1. The van der Waals surface area contributed by atoms with Crippen molar-refractivity contribution in [3.05, 3.63) is 52.2 Å². The van der Waals surface area contributed by atoms with Crippen molar-refractivity contribution in [1.82, 2.24) is 4.98 Å². The van der Waals surface area contributed by atoms with E-state index in [9.17, 15) is 4.79 Å². The van der Waals surface area contributed by atoms with Gasteiger partial charge in [0.15, 0.2) is 0 Å². The van der Waals surface area contributed by atoms with Crippen molar-refractivity contribution in [3.8, 4) is 10.6 Å². The third kappa shape index (κ3) is 4.37. The molecule has 2 heterocycles. The third-order valence-corrected chi connectivity index (χ3v) is 5.21. The van der Waals surface area contributed by atoms with E-state index in [1.165, 1.54) is 10.5 Å². The van der Waals surface area contributed by atoms with Crippen LogP contribution in [0.2, 0.25) is 0 Å². The van der Waals surface area contributed by atoms with Crippen LogP contribution in [0.5, 0.6) is 0 Å². The second-order valence-electron chi connectivity index (χ2n) is 5.31. The lowest BCUT2D eigenvalue weighted by molar-refractivity contribution is 0.161. The lowest BCUT2D eigenvalue weighted by Crippen LogP contribution is -2.26. The molecule has 0 atom stereocenters. The van der Waals surface area contributed by atoms with Crippen LogP contribution in [-0.2, 0) is 11.3 Å². The number of aromatic nitrogens is 1. The fourth-order valence-corrected chi connectivity index (χ4v) is 3.76. The van der Waals surface area contributed by atoms with Gasteiger partial charge in [0.1, 0.15) is 5.01 Å². The van der Waals surface area contributed by atoms with Gasteiger partial charge in [-0.15, -0.1) is 11.3 Å². The molecule has 0 aliphatic rings. The molecule has 0 saturated heterocycles. The fraction of sp³-hybridized carbons (Fsp3) is 0.222. The van der Waals surface area contributed by atoms with Gasteiger partial charge in [-0.25, -0.2) is 9.78 Å². The molecule has 130 valence electrons. The molecule has 1 aromatic carbocycles. The zero-order valence-electron chi connectivity index (χ0n) is 14.1. The fourth-order valence-electron chi connectivity index (χ4n) is 2.23. The normalized spacial score (nSPS) is 10.5. The number of anilines is 2. The number of thiophene rings is 1. The van der Waals surface area contributed by atoms with Crippen molar-refractivity contribution in [2.75, 3.05) is 23.9 Å². The van der Waals surface area contributed by atoms with E-state index in [1.54, 1.807) is 36.6 Å². The Hall–Kier alpha value is -2.38. The molecule has 0 aliphatic heterocycles. The molecule has 0 bridgehead atoms. The highest BCUT2D eigenvalue weighted by molar-refractivity contribution is 7.14. The van der Waals surface area contributed by atoms with Crippen LogP contribution >= 0.6 is 22.7 Å². The van der Waals surface area contributed by atoms with E-state index in [-0.39, 0.29) is 6.09 Å². The Morgan fingerprint density at radius 2 is 2.04 bits per heavy atom. The summed E-state index contributed by atoms with van der Waals surface area (Å²) in [5.41, 5.74) is 3.95. The quantitative estimate of drug-likeness (QED) is 0.655. The molecule has 5 nitrogen and oxygen atoms in total. The van der Waals surface area contributed by atoms with Crippen molar-refractivity contribution in [2.24, 2.45) is 0 Å². The lowest BCUT2D eigenvalue weighted by atomic mass is 10.2. The smallest absolute Gasteiger partial charge is 0.413 e. The van der Waals surface area contributed by atoms with E-state index in [0.717, 1.165) is 22.1 Å². The van der Waals surface area contributed by atoms with Crippen molar-refractivity contribution >= 4 is 40.1 Å². The predicted octanol–water partition coefficient (Wildman–Crippen LogP) is 5.08. The van der Waals surface area contributed by atoms with Crippen LogP contribution in [0.1, 0.15) is 12.6 Å². The predicted molar refractivity (Wildman–Crippen MR) is 105 cm³/mol. The summed E-state index contributed by atoms with van der Waals surface area (Å²) in [4.78, 5) is 17.9. The zero-order valence-corrected chi connectivity index (χ0v) is 15.7. The molecule has 3 aromatic rings. The Morgan fingerprint density at radius 1 is 1.24 bits per heavy atom. The number of carbonyl (C=O) groups is 1. The van der Waals surface area contributed by atoms with Crippen LogP contribution in [0.25, 0.3) is 10.6 Å². The highest BCUT2D eigenvalue weighted by Gasteiger charge is 2.11. The number of rotatable bonds is 6. The van der Waals surface area contributed by atoms with Crippen molar-refractivity contribution in [2.45, 2.75) is 13.5 Å². The number of carbonyl (C=O) groups excluding carboxylic acids is 1. The van der Waals surface area contributed by atoms with Gasteiger partial charge < -0.3 is 10.1 Å². The largest absolute Gasteiger partial charge is 0.449 e. The van der Waals surface area contributed by atoms with E-state index < -0.39 is 0 Å². The Morgan fingerprint density at radius 3 is 2.72 bits per heavy atom. The molecule has 0 aliphatic carbocycles. The molecule has 1 N–H and O–H groups in total. The summed E-state index contributed by atoms with van der Waals surface area (Å²) in [7, 11) is 1.70. The number of ether oxygens (including phenoxy) is 1. The highest BCUT2D eigenvalue weighted by Crippen LogP contribution is 2.26. The first-order valence-corrected chi connectivity index (χ1v) is 9.71. The van der Waals surface area contributed by atoms with Gasteiger partial charge in [0, 0.05) is 34.7 Å². The Balaban J connectivity index is 1.58. The molecule has 25 heavy (non-hydrogen) atoms. The van der Waals surface area contributed by atoms with Gasteiger partial charge in [0.25, 0.3) is 0 Å². The number of benzene rings is 1. The van der Waals surface area contributed by atoms with E-state index in [4.69, 9.17) is 4.74 Å². The maximum absolute atomic E-state index is 11.7. The SMILES string of the molecule is CCOC(=O)N(C)c1ccc(NCc2csc(-c3ccsc3)n2)cc1. The topological polar surface area (TPSA) is 54.5 Å². The summed E-state index contributed by atoms with van der Waals surface area (Å²) in [5, 5.41) is 10.6. The molecule has 2 aromatic heterocycles. The lowest BCUT2D eigenvalue weighted by Gasteiger charge is -2.17. The van der Waals surface area contributed by atoms with Gasteiger partial charge in [0.05, 0.1) is 18.8 Å². The summed E-state index contributed by atoms with van der Waals surface area (Å²) in [6.45, 7) is 2.82. The van der Waals surface area contributed by atoms with Gasteiger partial charge >= 0.3 is 6.09 Å². The van der Waals surface area contributed by atoms with Crippen LogP contribution in [0.3, 0.4) is 0 Å². The Kier molecular flexibility index (Phi) is 5.67. The number of hydrogen-bond acceptors (Lipinski definition) is 6. The molecule has 0 saturated carbocycles. The molecule has 0 radical (unpaired) electrons. The minimum atomic E-state index is -0.355.